The molecule has 0 fully saturated rings. The normalized spacial score (nSPS) is 12.3. The van der Waals surface area contributed by atoms with Crippen molar-refractivity contribution in [2.24, 2.45) is 0 Å². The molecule has 61 heavy (non-hydrogen) atoms. The first kappa shape index (κ1) is 59.0. The van der Waals surface area contributed by atoms with Crippen molar-refractivity contribution in [3.63, 3.8) is 0 Å². The summed E-state index contributed by atoms with van der Waals surface area (Å²) in [5, 5.41) is 0. The minimum Gasteiger partial charge on any atom is -0.493 e. The van der Waals surface area contributed by atoms with Crippen molar-refractivity contribution in [2.45, 2.75) is 260 Å². The fraction of sp³-hybridized carbons (Fsp3) is 0.690. The Bertz CT molecular complexity index is 1230. The zero-order chi connectivity index (χ0) is 43.9. The predicted molar refractivity (Wildman–Crippen MR) is 270 cm³/mol. The standard InChI is InChI=1S/C32H44N2.2C13H27.Ni/c1-5-9-13-25-17-21-27(22-18-25)31-29(15-11-7-3)30(16-12-8-4)32(34(31)33)28-23-19-26(20-24-28)14-10-6-2;2*1-3-5-7-9-11-13-12-10-8-6-4-2;/h17-24H,5-16H2,1-4H3;2*1,3-13H2,2H3;/q;2*-1;+2. The first-order valence-corrected chi connectivity index (χ1v) is 26.2. The molecule has 0 amide bonds. The Morgan fingerprint density at radius 3 is 0.852 bits per heavy atom. The average molecular weight is 882 g/mol. The maximum atomic E-state index is 11.6. The van der Waals surface area contributed by atoms with E-state index in [0.29, 0.717) is 0 Å². The Kier molecular flexibility index (Phi) is 40.6. The van der Waals surface area contributed by atoms with Crippen LogP contribution in [0.3, 0.4) is 0 Å². The van der Waals surface area contributed by atoms with Crippen LogP contribution in [0.4, 0.5) is 0 Å². The van der Waals surface area contributed by atoms with E-state index >= 15 is 0 Å². The number of unbranched alkanes of at least 4 members (excludes halogenated alkanes) is 24. The Morgan fingerprint density at radius 2 is 0.590 bits per heavy atom. The molecule has 3 rings (SSSR count). The van der Waals surface area contributed by atoms with Gasteiger partial charge in [0.1, 0.15) is 0 Å². The fourth-order valence-electron chi connectivity index (χ4n) is 8.24. The number of hydrogen-bond acceptors (Lipinski definition) is 0. The zero-order valence-corrected chi connectivity index (χ0v) is 42.3. The quantitative estimate of drug-likeness (QED) is 0.0290. The van der Waals surface area contributed by atoms with Gasteiger partial charge in [-0.2, -0.15) is 12.8 Å². The Labute approximate surface area is 391 Å². The van der Waals surface area contributed by atoms with Gasteiger partial charge in [-0.25, -0.2) is 4.70 Å². The summed E-state index contributed by atoms with van der Waals surface area (Å²) < 4.78 is 1.51. The van der Waals surface area contributed by atoms with Crippen molar-refractivity contribution in [3.05, 3.63) is 101 Å². The van der Waals surface area contributed by atoms with E-state index in [0.717, 1.165) is 86.7 Å². The molecule has 0 aromatic heterocycles. The number of aryl methyl sites for hydroxylation is 2. The van der Waals surface area contributed by atoms with Crippen LogP contribution in [-0.4, -0.2) is 4.70 Å². The molecule has 0 saturated carbocycles. The predicted octanol–water partition coefficient (Wildman–Crippen LogP) is 20.2. The second-order valence-electron chi connectivity index (χ2n) is 17.8. The van der Waals surface area contributed by atoms with Crippen molar-refractivity contribution in [1.82, 2.24) is 0 Å². The topological polar surface area (TPSA) is 25.3 Å². The third-order valence-corrected chi connectivity index (χ3v) is 12.2. The Hall–Kier alpha value is -1.99. The van der Waals surface area contributed by atoms with Crippen molar-refractivity contribution in [3.8, 4) is 0 Å². The molecule has 0 bridgehead atoms. The second kappa shape index (κ2) is 42.0. The maximum absolute atomic E-state index is 11.6. The molecule has 0 aliphatic carbocycles. The van der Waals surface area contributed by atoms with Gasteiger partial charge in [-0.1, -0.05) is 220 Å². The maximum Gasteiger partial charge on any atom is 2.00 e. The molecule has 1 aliphatic heterocycles. The van der Waals surface area contributed by atoms with Crippen molar-refractivity contribution < 1.29 is 21.2 Å². The molecular formula is C58H98N2Ni. The SMILES string of the molecule is CCCCC1=C(c2ccc(CCCC)cc2)[N+](=[N-])C(c2ccc(CCCC)cc2)=C1CCCC.[CH2-]CCCCCCCCCCCC.[CH2-]CCCCCCCCCCCC.[Ni+2]. The Balaban J connectivity index is 0.00000110. The van der Waals surface area contributed by atoms with Crippen LogP contribution in [0.25, 0.3) is 16.9 Å². The average Bonchev–Trinajstić information content (AvgIpc) is 3.55. The summed E-state index contributed by atoms with van der Waals surface area (Å²) in [7, 11) is 0. The number of hydrogen-bond donors (Lipinski definition) is 0. The molecule has 0 radical (unpaired) electrons. The van der Waals surface area contributed by atoms with E-state index in [4.69, 9.17) is 0 Å². The molecule has 2 aromatic carbocycles. The molecule has 350 valence electrons. The largest absolute Gasteiger partial charge is 2.00 e. The van der Waals surface area contributed by atoms with E-state index in [1.165, 1.54) is 181 Å². The van der Waals surface area contributed by atoms with Crippen LogP contribution in [0.2, 0.25) is 0 Å². The van der Waals surface area contributed by atoms with Gasteiger partial charge >= 0.3 is 16.5 Å². The summed E-state index contributed by atoms with van der Waals surface area (Å²) in [5.74, 6) is 0. The van der Waals surface area contributed by atoms with Crippen LogP contribution in [0, 0.1) is 13.8 Å². The van der Waals surface area contributed by atoms with Crippen LogP contribution in [0.15, 0.2) is 59.7 Å². The zero-order valence-electron chi connectivity index (χ0n) is 41.3. The number of allylic oxidation sites excluding steroid dienone is 2. The first-order chi connectivity index (χ1) is 29.5. The summed E-state index contributed by atoms with van der Waals surface area (Å²) >= 11 is 0. The summed E-state index contributed by atoms with van der Waals surface area (Å²) in [6.07, 6.45) is 44.5. The number of nitrogens with zero attached hydrogens (tertiary/aromatic N) is 2. The molecule has 0 unspecified atom stereocenters. The summed E-state index contributed by atoms with van der Waals surface area (Å²) in [4.78, 5) is 0. The van der Waals surface area contributed by atoms with Crippen molar-refractivity contribution in [1.29, 1.82) is 0 Å². The van der Waals surface area contributed by atoms with Crippen molar-refractivity contribution >= 4 is 11.4 Å². The molecular weight excluding hydrogens is 783 g/mol. The van der Waals surface area contributed by atoms with E-state index in [-0.39, 0.29) is 16.5 Å². The summed E-state index contributed by atoms with van der Waals surface area (Å²) in [6.45, 7) is 21.2. The molecule has 0 N–H and O–H groups in total. The van der Waals surface area contributed by atoms with Gasteiger partial charge in [-0.15, -0.1) is 0 Å². The van der Waals surface area contributed by atoms with E-state index < -0.39 is 0 Å². The van der Waals surface area contributed by atoms with Gasteiger partial charge in [0.25, 0.3) is 0 Å². The molecule has 2 aromatic rings. The van der Waals surface area contributed by atoms with Gasteiger partial charge < -0.3 is 19.4 Å². The van der Waals surface area contributed by atoms with Crippen LogP contribution in [0.1, 0.15) is 269 Å². The van der Waals surface area contributed by atoms with Gasteiger partial charge in [-0.3, -0.25) is 0 Å². The molecule has 3 heteroatoms. The van der Waals surface area contributed by atoms with Gasteiger partial charge in [0.2, 0.25) is 11.4 Å². The van der Waals surface area contributed by atoms with Crippen LogP contribution < -0.4 is 0 Å². The van der Waals surface area contributed by atoms with Crippen molar-refractivity contribution in [2.75, 3.05) is 0 Å². The summed E-state index contributed by atoms with van der Waals surface area (Å²) in [5.41, 5.74) is 21.3. The van der Waals surface area contributed by atoms with Crippen LogP contribution in [0.5, 0.6) is 0 Å². The number of rotatable bonds is 34. The van der Waals surface area contributed by atoms with Crippen LogP contribution in [-0.2, 0) is 29.3 Å². The molecule has 1 heterocycles. The number of benzene rings is 2. The van der Waals surface area contributed by atoms with Gasteiger partial charge in [0.15, 0.2) is 0 Å². The summed E-state index contributed by atoms with van der Waals surface area (Å²) in [6, 6.07) is 17.8. The molecule has 0 spiro atoms. The van der Waals surface area contributed by atoms with E-state index in [9.17, 15) is 5.53 Å². The Morgan fingerprint density at radius 1 is 0.344 bits per heavy atom. The smallest absolute Gasteiger partial charge is 0.493 e. The molecule has 1 aliphatic rings. The minimum absolute atomic E-state index is 0. The van der Waals surface area contributed by atoms with Gasteiger partial charge in [0.05, 0.1) is 0 Å². The van der Waals surface area contributed by atoms with E-state index in [1.54, 1.807) is 0 Å². The molecule has 0 saturated heterocycles. The molecule has 0 atom stereocenters. The second-order valence-corrected chi connectivity index (χ2v) is 17.8. The van der Waals surface area contributed by atoms with E-state index in [1.807, 2.05) is 0 Å². The van der Waals surface area contributed by atoms with E-state index in [2.05, 4.69) is 104 Å². The van der Waals surface area contributed by atoms with Crippen LogP contribution >= 0.6 is 0 Å². The first-order valence-electron chi connectivity index (χ1n) is 26.2. The molecule has 2 nitrogen and oxygen atoms in total. The van der Waals surface area contributed by atoms with Gasteiger partial charge in [0, 0.05) is 22.3 Å². The third-order valence-electron chi connectivity index (χ3n) is 12.2. The van der Waals surface area contributed by atoms with Gasteiger partial charge in [-0.05, 0) is 86.8 Å². The third kappa shape index (κ3) is 27.1. The minimum atomic E-state index is 0. The fourth-order valence-corrected chi connectivity index (χ4v) is 8.24. The monoisotopic (exact) mass is 881 g/mol.